The van der Waals surface area contributed by atoms with E-state index >= 15 is 0 Å². The molecule has 0 aromatic rings. The zero-order valence-electron chi connectivity index (χ0n) is 9.74. The molecule has 2 fully saturated rings. The third-order valence-electron chi connectivity index (χ3n) is 3.61. The molecule has 0 spiro atoms. The Labute approximate surface area is 103 Å². The van der Waals surface area contributed by atoms with Gasteiger partial charge in [0, 0.05) is 31.7 Å². The molecular weight excluding hydrogens is 222 g/mol. The van der Waals surface area contributed by atoms with Crippen molar-refractivity contribution in [3.05, 3.63) is 0 Å². The van der Waals surface area contributed by atoms with Crippen LogP contribution in [0, 0.1) is 11.3 Å². The van der Waals surface area contributed by atoms with Gasteiger partial charge in [0.05, 0.1) is 11.6 Å². The summed E-state index contributed by atoms with van der Waals surface area (Å²) >= 11 is 4.96. The molecular formula is C12H21NO2S. The van der Waals surface area contributed by atoms with E-state index < -0.39 is 0 Å². The maximum Gasteiger partial charge on any atom is 0.0733 e. The predicted octanol–water partition coefficient (Wildman–Crippen LogP) is 1.89. The van der Waals surface area contributed by atoms with E-state index in [4.69, 9.17) is 27.4 Å². The molecule has 0 aromatic carbocycles. The fourth-order valence-electron chi connectivity index (χ4n) is 2.27. The van der Waals surface area contributed by atoms with E-state index in [1.165, 1.54) is 12.8 Å². The van der Waals surface area contributed by atoms with Crippen molar-refractivity contribution in [1.29, 1.82) is 0 Å². The molecule has 92 valence electrons. The first-order valence-corrected chi connectivity index (χ1v) is 6.55. The van der Waals surface area contributed by atoms with Crippen LogP contribution >= 0.6 is 12.2 Å². The van der Waals surface area contributed by atoms with Crippen LogP contribution in [0.15, 0.2) is 0 Å². The highest BCUT2D eigenvalue weighted by atomic mass is 32.1. The van der Waals surface area contributed by atoms with Crippen molar-refractivity contribution in [3.63, 3.8) is 0 Å². The van der Waals surface area contributed by atoms with Gasteiger partial charge in [-0.05, 0) is 31.6 Å². The lowest BCUT2D eigenvalue weighted by atomic mass is 10.0. The number of hydrogen-bond donors (Lipinski definition) is 1. The minimum absolute atomic E-state index is 0.303. The van der Waals surface area contributed by atoms with Gasteiger partial charge >= 0.3 is 0 Å². The Morgan fingerprint density at radius 2 is 2.06 bits per heavy atom. The van der Waals surface area contributed by atoms with E-state index in [1.807, 2.05) is 0 Å². The number of hydrogen-bond acceptors (Lipinski definition) is 3. The van der Waals surface area contributed by atoms with Gasteiger partial charge in [-0.2, -0.15) is 0 Å². The molecule has 0 bridgehead atoms. The molecule has 1 saturated heterocycles. The van der Waals surface area contributed by atoms with Gasteiger partial charge in [-0.25, -0.2) is 0 Å². The summed E-state index contributed by atoms with van der Waals surface area (Å²) in [6.45, 7) is 3.50. The summed E-state index contributed by atoms with van der Waals surface area (Å²) < 4.78 is 11.2. The molecule has 0 unspecified atom stereocenters. The smallest absolute Gasteiger partial charge is 0.0733 e. The van der Waals surface area contributed by atoms with Gasteiger partial charge in [0.1, 0.15) is 0 Å². The summed E-state index contributed by atoms with van der Waals surface area (Å²) in [5.74, 6) is 0.689. The van der Waals surface area contributed by atoms with Crippen LogP contribution in [0.2, 0.25) is 0 Å². The zero-order chi connectivity index (χ0) is 11.4. The maximum absolute atomic E-state index is 5.83. The van der Waals surface area contributed by atoms with Crippen LogP contribution < -0.4 is 5.73 Å². The molecule has 2 rings (SSSR count). The second-order valence-corrected chi connectivity index (χ2v) is 5.74. The molecule has 0 amide bonds. The third-order valence-corrected chi connectivity index (χ3v) is 3.75. The monoisotopic (exact) mass is 243 g/mol. The molecule has 2 aliphatic rings. The van der Waals surface area contributed by atoms with Crippen molar-refractivity contribution in [2.45, 2.75) is 32.1 Å². The average molecular weight is 243 g/mol. The van der Waals surface area contributed by atoms with Gasteiger partial charge in [0.25, 0.3) is 0 Å². The SMILES string of the molecule is NC(=S)CC1(COCC2CCOCC2)CC1. The van der Waals surface area contributed by atoms with E-state index in [0.717, 1.165) is 45.7 Å². The van der Waals surface area contributed by atoms with Crippen molar-refractivity contribution in [2.75, 3.05) is 26.4 Å². The Balaban J connectivity index is 1.62. The number of ether oxygens (including phenoxy) is 2. The van der Waals surface area contributed by atoms with Gasteiger partial charge < -0.3 is 15.2 Å². The van der Waals surface area contributed by atoms with E-state index in [-0.39, 0.29) is 0 Å². The number of nitrogens with two attached hydrogens (primary N) is 1. The van der Waals surface area contributed by atoms with Gasteiger partial charge in [-0.15, -0.1) is 0 Å². The number of thiocarbonyl (C=S) groups is 1. The molecule has 2 N–H and O–H groups in total. The Morgan fingerprint density at radius 1 is 1.38 bits per heavy atom. The van der Waals surface area contributed by atoms with Crippen molar-refractivity contribution in [1.82, 2.24) is 0 Å². The molecule has 4 heteroatoms. The van der Waals surface area contributed by atoms with Crippen molar-refractivity contribution >= 4 is 17.2 Å². The van der Waals surface area contributed by atoms with Gasteiger partial charge in [-0.1, -0.05) is 12.2 Å². The molecule has 1 aliphatic carbocycles. The quantitative estimate of drug-likeness (QED) is 0.724. The molecule has 0 atom stereocenters. The lowest BCUT2D eigenvalue weighted by molar-refractivity contribution is 0.00902. The molecule has 1 aliphatic heterocycles. The first-order chi connectivity index (χ1) is 7.70. The summed E-state index contributed by atoms with van der Waals surface area (Å²) in [7, 11) is 0. The van der Waals surface area contributed by atoms with Gasteiger partial charge in [0.15, 0.2) is 0 Å². The standard InChI is InChI=1S/C12H21NO2S/c13-11(16)7-12(3-4-12)9-15-8-10-1-5-14-6-2-10/h10H,1-9H2,(H2,13,16). The van der Waals surface area contributed by atoms with Crippen molar-refractivity contribution < 1.29 is 9.47 Å². The molecule has 0 aromatic heterocycles. The van der Waals surface area contributed by atoms with Crippen LogP contribution in [0.1, 0.15) is 32.1 Å². The fraction of sp³-hybridized carbons (Fsp3) is 0.917. The molecule has 16 heavy (non-hydrogen) atoms. The lowest BCUT2D eigenvalue weighted by Gasteiger charge is -2.23. The highest BCUT2D eigenvalue weighted by Crippen LogP contribution is 2.49. The third kappa shape index (κ3) is 3.68. The Kier molecular flexibility index (Phi) is 4.16. The average Bonchev–Trinajstić information content (AvgIpc) is 2.99. The Morgan fingerprint density at radius 3 is 2.62 bits per heavy atom. The van der Waals surface area contributed by atoms with Gasteiger partial charge in [0.2, 0.25) is 0 Å². The first kappa shape index (κ1) is 12.3. The van der Waals surface area contributed by atoms with Crippen LogP contribution in [0.4, 0.5) is 0 Å². The topological polar surface area (TPSA) is 44.5 Å². The van der Waals surface area contributed by atoms with Crippen LogP contribution in [-0.2, 0) is 9.47 Å². The number of rotatable bonds is 6. The fourth-order valence-corrected chi connectivity index (χ4v) is 2.58. The molecule has 1 saturated carbocycles. The predicted molar refractivity (Wildman–Crippen MR) is 67.4 cm³/mol. The van der Waals surface area contributed by atoms with Crippen molar-refractivity contribution in [2.24, 2.45) is 17.1 Å². The molecule has 0 radical (unpaired) electrons. The normalized spacial score (nSPS) is 24.2. The van der Waals surface area contributed by atoms with E-state index in [0.29, 0.717) is 16.3 Å². The van der Waals surface area contributed by atoms with E-state index in [1.54, 1.807) is 0 Å². The zero-order valence-corrected chi connectivity index (χ0v) is 10.6. The second-order valence-electron chi connectivity index (χ2n) is 5.21. The van der Waals surface area contributed by atoms with Crippen LogP contribution in [0.25, 0.3) is 0 Å². The lowest BCUT2D eigenvalue weighted by Crippen LogP contribution is -2.24. The summed E-state index contributed by atoms with van der Waals surface area (Å²) in [6.07, 6.45) is 5.58. The molecule has 3 nitrogen and oxygen atoms in total. The first-order valence-electron chi connectivity index (χ1n) is 6.14. The van der Waals surface area contributed by atoms with Crippen molar-refractivity contribution in [3.8, 4) is 0 Å². The minimum atomic E-state index is 0.303. The summed E-state index contributed by atoms with van der Waals surface area (Å²) in [6, 6.07) is 0. The largest absolute Gasteiger partial charge is 0.393 e. The van der Waals surface area contributed by atoms with Crippen LogP contribution in [0.5, 0.6) is 0 Å². The Bertz CT molecular complexity index is 247. The maximum atomic E-state index is 5.83. The van der Waals surface area contributed by atoms with Gasteiger partial charge in [-0.3, -0.25) is 0 Å². The Hall–Kier alpha value is -0.190. The van der Waals surface area contributed by atoms with E-state index in [2.05, 4.69) is 0 Å². The minimum Gasteiger partial charge on any atom is -0.393 e. The summed E-state index contributed by atoms with van der Waals surface area (Å²) in [5, 5.41) is 0. The highest BCUT2D eigenvalue weighted by Gasteiger charge is 2.43. The van der Waals surface area contributed by atoms with Crippen LogP contribution in [-0.4, -0.2) is 31.4 Å². The molecule has 1 heterocycles. The summed E-state index contributed by atoms with van der Waals surface area (Å²) in [4.78, 5) is 0.632. The highest BCUT2D eigenvalue weighted by molar-refractivity contribution is 7.80. The second kappa shape index (κ2) is 5.43. The van der Waals surface area contributed by atoms with E-state index in [9.17, 15) is 0 Å². The summed E-state index contributed by atoms with van der Waals surface area (Å²) in [5.41, 5.74) is 5.90. The van der Waals surface area contributed by atoms with Crippen LogP contribution in [0.3, 0.4) is 0 Å².